The van der Waals surface area contributed by atoms with E-state index in [1.165, 1.54) is 10.5 Å². The topological polar surface area (TPSA) is 72.3 Å². The van der Waals surface area contributed by atoms with Crippen molar-refractivity contribution in [3.8, 4) is 17.1 Å². The number of ether oxygens (including phenoxy) is 1. The molecule has 0 aliphatic rings. The highest BCUT2D eigenvalue weighted by Gasteiger charge is 2.10. The molecular formula is C13H12N4O2. The fraction of sp³-hybridized carbons (Fsp3) is 0.154. The molecule has 0 spiro atoms. The molecule has 0 aliphatic carbocycles. The first-order valence-electron chi connectivity index (χ1n) is 5.78. The van der Waals surface area contributed by atoms with E-state index in [1.54, 1.807) is 14.0 Å². The fourth-order valence-electron chi connectivity index (χ4n) is 1.96. The van der Waals surface area contributed by atoms with Gasteiger partial charge < -0.3 is 4.74 Å². The third-order valence-corrected chi connectivity index (χ3v) is 2.87. The molecule has 3 rings (SSSR count). The minimum atomic E-state index is -0.151. The summed E-state index contributed by atoms with van der Waals surface area (Å²) >= 11 is 0. The fourth-order valence-corrected chi connectivity index (χ4v) is 1.96. The minimum Gasteiger partial charge on any atom is -0.497 e. The van der Waals surface area contributed by atoms with Crippen LogP contribution < -0.4 is 10.3 Å². The van der Waals surface area contributed by atoms with Crippen molar-refractivity contribution in [2.75, 3.05) is 7.11 Å². The number of nitrogens with zero attached hydrogens (tertiary/aromatic N) is 3. The number of aromatic nitrogens is 4. The number of benzene rings is 1. The van der Waals surface area contributed by atoms with E-state index in [9.17, 15) is 4.79 Å². The lowest BCUT2D eigenvalue weighted by atomic mass is 10.2. The van der Waals surface area contributed by atoms with Gasteiger partial charge in [-0.25, -0.2) is 14.5 Å². The van der Waals surface area contributed by atoms with Crippen LogP contribution in [-0.2, 0) is 0 Å². The van der Waals surface area contributed by atoms with Crippen LogP contribution in [0.3, 0.4) is 0 Å². The summed E-state index contributed by atoms with van der Waals surface area (Å²) in [6.45, 7) is 1.77. The molecule has 0 saturated heterocycles. The molecule has 1 aromatic carbocycles. The monoisotopic (exact) mass is 256 g/mol. The highest BCUT2D eigenvalue weighted by Crippen LogP contribution is 2.20. The number of aryl methyl sites for hydroxylation is 1. The number of fused-ring (bicyclic) bond motifs is 1. The van der Waals surface area contributed by atoms with Crippen molar-refractivity contribution in [1.29, 1.82) is 0 Å². The first kappa shape index (κ1) is 11.5. The van der Waals surface area contributed by atoms with Crippen molar-refractivity contribution in [2.24, 2.45) is 0 Å². The van der Waals surface area contributed by atoms with Gasteiger partial charge in [0.15, 0.2) is 5.82 Å². The Balaban J connectivity index is 2.22. The zero-order chi connectivity index (χ0) is 13.4. The Hall–Kier alpha value is -2.63. The van der Waals surface area contributed by atoms with Gasteiger partial charge in [0.1, 0.15) is 5.75 Å². The van der Waals surface area contributed by atoms with E-state index in [1.807, 2.05) is 24.3 Å². The van der Waals surface area contributed by atoms with Gasteiger partial charge in [0.25, 0.3) is 5.56 Å². The number of hydrogen-bond donors (Lipinski definition) is 1. The van der Waals surface area contributed by atoms with Gasteiger partial charge in [0, 0.05) is 17.3 Å². The number of aromatic amines is 1. The van der Waals surface area contributed by atoms with Gasteiger partial charge in [-0.1, -0.05) is 0 Å². The molecular weight excluding hydrogens is 244 g/mol. The van der Waals surface area contributed by atoms with Gasteiger partial charge >= 0.3 is 0 Å². The molecule has 3 aromatic rings. The van der Waals surface area contributed by atoms with E-state index >= 15 is 0 Å². The summed E-state index contributed by atoms with van der Waals surface area (Å²) in [5, 5.41) is 6.93. The lowest BCUT2D eigenvalue weighted by molar-refractivity contribution is 0.415. The highest BCUT2D eigenvalue weighted by atomic mass is 16.5. The van der Waals surface area contributed by atoms with Crippen molar-refractivity contribution in [2.45, 2.75) is 6.92 Å². The molecule has 2 heterocycles. The molecule has 0 fully saturated rings. The van der Waals surface area contributed by atoms with Crippen LogP contribution in [0.4, 0.5) is 0 Å². The zero-order valence-corrected chi connectivity index (χ0v) is 10.5. The molecule has 0 amide bonds. The number of rotatable bonds is 2. The predicted molar refractivity (Wildman–Crippen MR) is 70.3 cm³/mol. The van der Waals surface area contributed by atoms with Gasteiger partial charge in [0.05, 0.1) is 7.11 Å². The molecule has 96 valence electrons. The van der Waals surface area contributed by atoms with Crippen molar-refractivity contribution in [3.63, 3.8) is 0 Å². The van der Waals surface area contributed by atoms with Crippen LogP contribution >= 0.6 is 0 Å². The van der Waals surface area contributed by atoms with Crippen molar-refractivity contribution >= 4 is 5.78 Å². The summed E-state index contributed by atoms with van der Waals surface area (Å²) in [6.07, 6.45) is 0. The summed E-state index contributed by atoms with van der Waals surface area (Å²) in [5.41, 5.74) is 1.33. The molecule has 0 unspecified atom stereocenters. The normalized spacial score (nSPS) is 10.8. The third-order valence-electron chi connectivity index (χ3n) is 2.87. The Morgan fingerprint density at radius 2 is 2.00 bits per heavy atom. The molecule has 2 aromatic heterocycles. The quantitative estimate of drug-likeness (QED) is 0.752. The maximum absolute atomic E-state index is 12.0. The SMILES string of the molecule is COc1ccc(-c2n[nH]c3nc(C)cc(=O)n23)cc1. The van der Waals surface area contributed by atoms with Gasteiger partial charge in [-0.05, 0) is 31.2 Å². The summed E-state index contributed by atoms with van der Waals surface area (Å²) in [4.78, 5) is 16.3. The Kier molecular flexibility index (Phi) is 2.56. The number of H-pyrrole nitrogens is 1. The first-order chi connectivity index (χ1) is 9.19. The van der Waals surface area contributed by atoms with E-state index in [0.29, 0.717) is 17.3 Å². The van der Waals surface area contributed by atoms with Crippen LogP contribution in [0.2, 0.25) is 0 Å². The van der Waals surface area contributed by atoms with Gasteiger partial charge in [-0.2, -0.15) is 5.10 Å². The second kappa shape index (κ2) is 4.24. The lowest BCUT2D eigenvalue weighted by Gasteiger charge is -2.02. The van der Waals surface area contributed by atoms with E-state index in [0.717, 1.165) is 11.3 Å². The molecule has 0 radical (unpaired) electrons. The molecule has 0 aliphatic heterocycles. The highest BCUT2D eigenvalue weighted by molar-refractivity contribution is 5.59. The summed E-state index contributed by atoms with van der Waals surface area (Å²) < 4.78 is 6.56. The second-order valence-electron chi connectivity index (χ2n) is 4.17. The second-order valence-corrected chi connectivity index (χ2v) is 4.17. The number of methoxy groups -OCH3 is 1. The average molecular weight is 256 g/mol. The van der Waals surface area contributed by atoms with E-state index < -0.39 is 0 Å². The third kappa shape index (κ3) is 1.87. The number of hydrogen-bond acceptors (Lipinski definition) is 4. The standard InChI is InChI=1S/C13H12N4O2/c1-8-7-11(18)17-12(15-16-13(17)14-8)9-3-5-10(19-2)6-4-9/h3-7H,1-2H3,(H,14,16). The average Bonchev–Trinajstić information content (AvgIpc) is 2.83. The molecule has 6 heteroatoms. The van der Waals surface area contributed by atoms with Crippen molar-refractivity contribution < 1.29 is 4.74 Å². The summed E-state index contributed by atoms with van der Waals surface area (Å²) in [6, 6.07) is 8.82. The van der Waals surface area contributed by atoms with Crippen LogP contribution in [0.5, 0.6) is 5.75 Å². The van der Waals surface area contributed by atoms with Gasteiger partial charge in [-0.15, -0.1) is 0 Å². The first-order valence-corrected chi connectivity index (χ1v) is 5.78. The van der Waals surface area contributed by atoms with Crippen molar-refractivity contribution in [1.82, 2.24) is 19.6 Å². The van der Waals surface area contributed by atoms with E-state index in [4.69, 9.17) is 4.74 Å². The molecule has 19 heavy (non-hydrogen) atoms. The van der Waals surface area contributed by atoms with Crippen LogP contribution in [0, 0.1) is 6.92 Å². The molecule has 0 bridgehead atoms. The smallest absolute Gasteiger partial charge is 0.261 e. The Morgan fingerprint density at radius 3 is 2.68 bits per heavy atom. The van der Waals surface area contributed by atoms with Crippen LogP contribution in [0.15, 0.2) is 35.1 Å². The van der Waals surface area contributed by atoms with Crippen LogP contribution in [-0.4, -0.2) is 26.7 Å². The number of nitrogens with one attached hydrogen (secondary N) is 1. The predicted octanol–water partition coefficient (Wildman–Crippen LogP) is 1.40. The zero-order valence-electron chi connectivity index (χ0n) is 10.5. The van der Waals surface area contributed by atoms with Gasteiger partial charge in [0.2, 0.25) is 5.78 Å². The molecule has 6 nitrogen and oxygen atoms in total. The van der Waals surface area contributed by atoms with Crippen LogP contribution in [0.1, 0.15) is 5.69 Å². The Bertz CT molecular complexity index is 787. The van der Waals surface area contributed by atoms with E-state index in [2.05, 4.69) is 15.2 Å². The lowest BCUT2D eigenvalue weighted by Crippen LogP contribution is -2.14. The van der Waals surface area contributed by atoms with Crippen LogP contribution in [0.25, 0.3) is 17.2 Å². The molecule has 0 saturated carbocycles. The maximum Gasteiger partial charge on any atom is 0.261 e. The minimum absolute atomic E-state index is 0.151. The molecule has 1 N–H and O–H groups in total. The largest absolute Gasteiger partial charge is 0.497 e. The molecule has 0 atom stereocenters. The van der Waals surface area contributed by atoms with Gasteiger partial charge in [-0.3, -0.25) is 4.79 Å². The maximum atomic E-state index is 12.0. The van der Waals surface area contributed by atoms with E-state index in [-0.39, 0.29) is 5.56 Å². The van der Waals surface area contributed by atoms with Crippen molar-refractivity contribution in [3.05, 3.63) is 46.4 Å². The summed E-state index contributed by atoms with van der Waals surface area (Å²) in [7, 11) is 1.61. The Labute approximate surface area is 108 Å². The summed E-state index contributed by atoms with van der Waals surface area (Å²) in [5.74, 6) is 1.73. The Morgan fingerprint density at radius 1 is 1.26 bits per heavy atom.